The van der Waals surface area contributed by atoms with Gasteiger partial charge in [0.15, 0.2) is 0 Å². The number of unbranched alkanes of at least 4 members (excludes halogenated alkanes) is 5. The van der Waals surface area contributed by atoms with Gasteiger partial charge in [0.2, 0.25) is 5.91 Å². The molecular weight excluding hydrogens is 298 g/mol. The molecule has 0 spiro atoms. The van der Waals surface area contributed by atoms with Gasteiger partial charge in [-0.25, -0.2) is 0 Å². The molecule has 0 aliphatic carbocycles. The SMILES string of the molecule is CCCCCCCCOc1ccc(/C=C/C(=O)N(CC)CC)cc1. The summed E-state index contributed by atoms with van der Waals surface area (Å²) in [7, 11) is 0. The first kappa shape index (κ1) is 20.3. The van der Waals surface area contributed by atoms with Crippen molar-refractivity contribution in [1.29, 1.82) is 0 Å². The first-order valence-corrected chi connectivity index (χ1v) is 9.41. The zero-order chi connectivity index (χ0) is 17.6. The normalized spacial score (nSPS) is 11.0. The van der Waals surface area contributed by atoms with E-state index in [0.29, 0.717) is 0 Å². The summed E-state index contributed by atoms with van der Waals surface area (Å²) in [5.41, 5.74) is 1.02. The molecule has 0 aliphatic heterocycles. The lowest BCUT2D eigenvalue weighted by Gasteiger charge is -2.15. The highest BCUT2D eigenvalue weighted by Crippen LogP contribution is 2.14. The topological polar surface area (TPSA) is 29.5 Å². The van der Waals surface area contributed by atoms with Gasteiger partial charge in [0, 0.05) is 19.2 Å². The molecule has 0 atom stereocenters. The van der Waals surface area contributed by atoms with Crippen LogP contribution in [0, 0.1) is 0 Å². The number of carbonyl (C=O) groups excluding carboxylic acids is 1. The van der Waals surface area contributed by atoms with Gasteiger partial charge in [0.05, 0.1) is 6.61 Å². The lowest BCUT2D eigenvalue weighted by atomic mass is 10.1. The second-order valence-corrected chi connectivity index (χ2v) is 6.03. The van der Waals surface area contributed by atoms with E-state index >= 15 is 0 Å². The van der Waals surface area contributed by atoms with Crippen LogP contribution in [-0.2, 0) is 4.79 Å². The van der Waals surface area contributed by atoms with Crippen molar-refractivity contribution < 1.29 is 9.53 Å². The Labute approximate surface area is 147 Å². The Morgan fingerprint density at radius 1 is 0.958 bits per heavy atom. The number of hydrogen-bond acceptors (Lipinski definition) is 2. The van der Waals surface area contributed by atoms with Crippen LogP contribution in [0.3, 0.4) is 0 Å². The van der Waals surface area contributed by atoms with Gasteiger partial charge in [-0.05, 0) is 44.0 Å². The number of nitrogens with zero attached hydrogens (tertiary/aromatic N) is 1. The summed E-state index contributed by atoms with van der Waals surface area (Å²) in [6, 6.07) is 7.92. The van der Waals surface area contributed by atoms with E-state index in [9.17, 15) is 4.79 Å². The summed E-state index contributed by atoms with van der Waals surface area (Å²) in [5.74, 6) is 0.958. The van der Waals surface area contributed by atoms with E-state index in [4.69, 9.17) is 4.74 Å². The van der Waals surface area contributed by atoms with Gasteiger partial charge in [-0.2, -0.15) is 0 Å². The Morgan fingerprint density at radius 2 is 1.58 bits per heavy atom. The average Bonchev–Trinajstić information content (AvgIpc) is 2.61. The predicted octanol–water partition coefficient (Wildman–Crippen LogP) is 5.31. The van der Waals surface area contributed by atoms with Crippen molar-refractivity contribution in [2.75, 3.05) is 19.7 Å². The van der Waals surface area contributed by atoms with E-state index in [0.717, 1.165) is 37.4 Å². The molecule has 1 aromatic carbocycles. The second kappa shape index (κ2) is 12.6. The summed E-state index contributed by atoms with van der Waals surface area (Å²) >= 11 is 0. The van der Waals surface area contributed by atoms with Crippen LogP contribution in [0.5, 0.6) is 5.75 Å². The van der Waals surface area contributed by atoms with Crippen molar-refractivity contribution in [1.82, 2.24) is 4.90 Å². The average molecular weight is 332 g/mol. The second-order valence-electron chi connectivity index (χ2n) is 6.03. The van der Waals surface area contributed by atoms with Crippen LogP contribution in [0.4, 0.5) is 0 Å². The molecule has 0 unspecified atom stereocenters. The van der Waals surface area contributed by atoms with E-state index in [2.05, 4.69) is 6.92 Å². The van der Waals surface area contributed by atoms with Gasteiger partial charge in [-0.15, -0.1) is 0 Å². The molecule has 3 heteroatoms. The molecule has 0 radical (unpaired) electrons. The van der Waals surface area contributed by atoms with Crippen LogP contribution in [-0.4, -0.2) is 30.5 Å². The fourth-order valence-electron chi connectivity index (χ4n) is 2.56. The molecular formula is C21H33NO2. The van der Waals surface area contributed by atoms with Crippen LogP contribution in [0.25, 0.3) is 6.08 Å². The Morgan fingerprint density at radius 3 is 2.21 bits per heavy atom. The molecule has 0 saturated heterocycles. The summed E-state index contributed by atoms with van der Waals surface area (Å²) in [5, 5.41) is 0. The highest BCUT2D eigenvalue weighted by Gasteiger charge is 2.04. The summed E-state index contributed by atoms with van der Waals surface area (Å²) in [4.78, 5) is 13.7. The maximum absolute atomic E-state index is 11.9. The van der Waals surface area contributed by atoms with Gasteiger partial charge in [0.25, 0.3) is 0 Å². The van der Waals surface area contributed by atoms with Crippen molar-refractivity contribution in [3.63, 3.8) is 0 Å². The number of hydrogen-bond donors (Lipinski definition) is 0. The van der Waals surface area contributed by atoms with Crippen LogP contribution >= 0.6 is 0 Å². The minimum atomic E-state index is 0.0587. The molecule has 0 bridgehead atoms. The van der Waals surface area contributed by atoms with Crippen LogP contribution in [0.2, 0.25) is 0 Å². The van der Waals surface area contributed by atoms with Crippen molar-refractivity contribution in [3.8, 4) is 5.75 Å². The number of benzene rings is 1. The van der Waals surface area contributed by atoms with Gasteiger partial charge in [-0.3, -0.25) is 4.79 Å². The molecule has 24 heavy (non-hydrogen) atoms. The molecule has 0 heterocycles. The van der Waals surface area contributed by atoms with Gasteiger partial charge >= 0.3 is 0 Å². The number of ether oxygens (including phenoxy) is 1. The van der Waals surface area contributed by atoms with Crippen molar-refractivity contribution >= 4 is 12.0 Å². The number of amides is 1. The lowest BCUT2D eigenvalue weighted by molar-refractivity contribution is -0.125. The molecule has 3 nitrogen and oxygen atoms in total. The minimum Gasteiger partial charge on any atom is -0.494 e. The molecule has 1 aromatic rings. The summed E-state index contributed by atoms with van der Waals surface area (Å²) in [6.45, 7) is 8.48. The van der Waals surface area contributed by atoms with Crippen LogP contribution in [0.1, 0.15) is 64.9 Å². The largest absolute Gasteiger partial charge is 0.494 e. The van der Waals surface area contributed by atoms with E-state index < -0.39 is 0 Å². The summed E-state index contributed by atoms with van der Waals surface area (Å²) < 4.78 is 5.77. The van der Waals surface area contributed by atoms with E-state index in [1.54, 1.807) is 11.0 Å². The quantitative estimate of drug-likeness (QED) is 0.384. The molecule has 1 rings (SSSR count). The van der Waals surface area contributed by atoms with Crippen molar-refractivity contribution in [3.05, 3.63) is 35.9 Å². The summed E-state index contributed by atoms with van der Waals surface area (Å²) in [6.07, 6.45) is 11.1. The highest BCUT2D eigenvalue weighted by atomic mass is 16.5. The molecule has 0 aliphatic rings. The van der Waals surface area contributed by atoms with Crippen molar-refractivity contribution in [2.24, 2.45) is 0 Å². The number of carbonyl (C=O) groups is 1. The molecule has 0 saturated carbocycles. The van der Waals surface area contributed by atoms with Crippen LogP contribution < -0.4 is 4.74 Å². The lowest BCUT2D eigenvalue weighted by Crippen LogP contribution is -2.28. The smallest absolute Gasteiger partial charge is 0.246 e. The van der Waals surface area contributed by atoms with Gasteiger partial charge in [-0.1, -0.05) is 51.2 Å². The molecule has 134 valence electrons. The predicted molar refractivity (Wildman–Crippen MR) is 102 cm³/mol. The molecule has 0 fully saturated rings. The maximum Gasteiger partial charge on any atom is 0.246 e. The van der Waals surface area contributed by atoms with E-state index in [1.165, 1.54) is 32.1 Å². The monoisotopic (exact) mass is 331 g/mol. The van der Waals surface area contributed by atoms with E-state index in [-0.39, 0.29) is 5.91 Å². The third-order valence-electron chi connectivity index (χ3n) is 4.14. The molecule has 0 N–H and O–H groups in total. The Hall–Kier alpha value is -1.77. The van der Waals surface area contributed by atoms with E-state index in [1.807, 2.05) is 44.2 Å². The Balaban J connectivity index is 2.31. The van der Waals surface area contributed by atoms with Crippen molar-refractivity contribution in [2.45, 2.75) is 59.3 Å². The van der Waals surface area contributed by atoms with Gasteiger partial charge < -0.3 is 9.64 Å². The van der Waals surface area contributed by atoms with Gasteiger partial charge in [0.1, 0.15) is 5.75 Å². The molecule has 1 amide bonds. The maximum atomic E-state index is 11.9. The highest BCUT2D eigenvalue weighted by molar-refractivity contribution is 5.91. The number of likely N-dealkylation sites (N-methyl/N-ethyl adjacent to an activating group) is 1. The standard InChI is InChI=1S/C21H33NO2/c1-4-7-8-9-10-11-18-24-20-15-12-19(13-16-20)14-17-21(23)22(5-2)6-3/h12-17H,4-11,18H2,1-3H3/b17-14+. The van der Waals surface area contributed by atoms with Crippen LogP contribution in [0.15, 0.2) is 30.3 Å². The zero-order valence-electron chi connectivity index (χ0n) is 15.6. The Bertz CT molecular complexity index is 475. The fraction of sp³-hybridized carbons (Fsp3) is 0.571. The third kappa shape index (κ3) is 8.19. The fourth-order valence-corrected chi connectivity index (χ4v) is 2.56. The first-order chi connectivity index (χ1) is 11.7. The minimum absolute atomic E-state index is 0.0587. The Kier molecular flexibility index (Phi) is 10.7. The first-order valence-electron chi connectivity index (χ1n) is 9.41. The molecule has 0 aromatic heterocycles. The number of rotatable bonds is 12. The zero-order valence-corrected chi connectivity index (χ0v) is 15.6. The third-order valence-corrected chi connectivity index (χ3v) is 4.14.